The van der Waals surface area contributed by atoms with Crippen molar-refractivity contribution < 1.29 is 24.2 Å². The largest absolute Gasteiger partial charge is 0.507 e. The standard InChI is InChI=1S/C29H24N2O5S/c1-18-4-3-5-19(16-18)17-36-23-12-8-21(9-13-23)26(32)24-25(20-6-10-22(35-2)11-7-20)31(28(34)27(24)33)29-30-14-15-37-29/h3-16,25,32H,17H2,1-2H3/b26-24+. The maximum absolute atomic E-state index is 13.2. The summed E-state index contributed by atoms with van der Waals surface area (Å²) in [5.74, 6) is -0.517. The van der Waals surface area contributed by atoms with Gasteiger partial charge in [0.25, 0.3) is 5.78 Å². The van der Waals surface area contributed by atoms with E-state index in [0.29, 0.717) is 34.4 Å². The summed E-state index contributed by atoms with van der Waals surface area (Å²) < 4.78 is 11.1. The van der Waals surface area contributed by atoms with Gasteiger partial charge in [0.15, 0.2) is 5.13 Å². The normalized spacial score (nSPS) is 16.7. The van der Waals surface area contributed by atoms with Gasteiger partial charge < -0.3 is 14.6 Å². The molecule has 1 aliphatic rings. The van der Waals surface area contributed by atoms with E-state index in [2.05, 4.69) is 11.1 Å². The third-order valence-electron chi connectivity index (χ3n) is 6.12. The second-order valence-corrected chi connectivity index (χ2v) is 9.43. The van der Waals surface area contributed by atoms with Crippen molar-refractivity contribution in [2.75, 3.05) is 12.0 Å². The highest BCUT2D eigenvalue weighted by Crippen LogP contribution is 2.43. The predicted molar refractivity (Wildman–Crippen MR) is 142 cm³/mol. The minimum atomic E-state index is -0.839. The lowest BCUT2D eigenvalue weighted by Crippen LogP contribution is -2.29. The predicted octanol–water partition coefficient (Wildman–Crippen LogP) is 5.67. The highest BCUT2D eigenvalue weighted by atomic mass is 32.1. The fourth-order valence-corrected chi connectivity index (χ4v) is 4.97. The topological polar surface area (TPSA) is 89.0 Å². The van der Waals surface area contributed by atoms with Crippen LogP contribution in [0.25, 0.3) is 5.76 Å². The van der Waals surface area contributed by atoms with Crippen molar-refractivity contribution in [2.24, 2.45) is 0 Å². The minimum absolute atomic E-state index is 0.00111. The molecule has 1 fully saturated rings. The molecule has 1 N–H and O–H groups in total. The summed E-state index contributed by atoms with van der Waals surface area (Å²) >= 11 is 1.24. The van der Waals surface area contributed by atoms with Gasteiger partial charge in [-0.25, -0.2) is 4.98 Å². The van der Waals surface area contributed by atoms with Crippen molar-refractivity contribution in [3.05, 3.63) is 112 Å². The number of amides is 1. The number of aliphatic hydroxyl groups is 1. The van der Waals surface area contributed by atoms with E-state index in [0.717, 1.165) is 11.1 Å². The van der Waals surface area contributed by atoms with Crippen LogP contribution in [0, 0.1) is 6.92 Å². The van der Waals surface area contributed by atoms with Crippen molar-refractivity contribution in [3.63, 3.8) is 0 Å². The summed E-state index contributed by atoms with van der Waals surface area (Å²) in [4.78, 5) is 31.9. The maximum atomic E-state index is 13.2. The van der Waals surface area contributed by atoms with Gasteiger partial charge in [0, 0.05) is 17.1 Å². The fraction of sp³-hybridized carbons (Fsp3) is 0.138. The quantitative estimate of drug-likeness (QED) is 0.195. The number of methoxy groups -OCH3 is 1. The molecule has 8 heteroatoms. The molecule has 3 aromatic carbocycles. The van der Waals surface area contributed by atoms with Gasteiger partial charge in [-0.1, -0.05) is 42.0 Å². The Kier molecular flexibility index (Phi) is 6.74. The summed E-state index contributed by atoms with van der Waals surface area (Å²) in [7, 11) is 1.56. The molecule has 1 aromatic heterocycles. The van der Waals surface area contributed by atoms with E-state index in [-0.39, 0.29) is 11.3 Å². The number of anilines is 1. The van der Waals surface area contributed by atoms with E-state index >= 15 is 0 Å². The van der Waals surface area contributed by atoms with Crippen LogP contribution in [0.1, 0.15) is 28.3 Å². The SMILES string of the molecule is COc1ccc(C2/C(=C(\O)c3ccc(OCc4cccc(C)c4)cc3)C(=O)C(=O)N2c2nccs2)cc1. The molecule has 0 bridgehead atoms. The molecule has 4 aromatic rings. The second kappa shape index (κ2) is 10.3. The van der Waals surface area contributed by atoms with Crippen LogP contribution in [0.3, 0.4) is 0 Å². The van der Waals surface area contributed by atoms with Crippen LogP contribution in [-0.4, -0.2) is 28.9 Å². The monoisotopic (exact) mass is 512 g/mol. The number of carbonyl (C=O) groups excluding carboxylic acids is 2. The number of aromatic nitrogens is 1. The number of nitrogens with zero attached hydrogens (tertiary/aromatic N) is 2. The van der Waals surface area contributed by atoms with E-state index in [1.807, 2.05) is 25.1 Å². The van der Waals surface area contributed by atoms with Crippen LogP contribution >= 0.6 is 11.3 Å². The Labute approximate surface area is 218 Å². The first-order chi connectivity index (χ1) is 18.0. The molecule has 1 unspecified atom stereocenters. The molecular formula is C29H24N2O5S. The van der Waals surface area contributed by atoms with Crippen molar-refractivity contribution in [1.82, 2.24) is 4.98 Å². The summed E-state index contributed by atoms with van der Waals surface area (Å²) in [5, 5.41) is 13.4. The number of benzene rings is 3. The van der Waals surface area contributed by atoms with Gasteiger partial charge in [0.1, 0.15) is 23.9 Å². The van der Waals surface area contributed by atoms with Crippen molar-refractivity contribution >= 4 is 33.9 Å². The molecule has 1 amide bonds. The number of hydrogen-bond donors (Lipinski definition) is 1. The van der Waals surface area contributed by atoms with Gasteiger partial charge in [-0.3, -0.25) is 14.5 Å². The Morgan fingerprint density at radius 3 is 2.41 bits per heavy atom. The maximum Gasteiger partial charge on any atom is 0.301 e. The minimum Gasteiger partial charge on any atom is -0.507 e. The Balaban J connectivity index is 1.49. The third-order valence-corrected chi connectivity index (χ3v) is 6.89. The summed E-state index contributed by atoms with van der Waals surface area (Å²) in [5.41, 5.74) is 3.25. The lowest BCUT2D eigenvalue weighted by Gasteiger charge is -2.23. The van der Waals surface area contributed by atoms with E-state index in [9.17, 15) is 14.7 Å². The van der Waals surface area contributed by atoms with Gasteiger partial charge in [-0.05, 0) is 54.4 Å². The number of aliphatic hydroxyl groups excluding tert-OH is 1. The smallest absolute Gasteiger partial charge is 0.301 e. The first kappa shape index (κ1) is 24.3. The molecule has 0 radical (unpaired) electrons. The molecular weight excluding hydrogens is 488 g/mol. The molecule has 186 valence electrons. The van der Waals surface area contributed by atoms with Gasteiger partial charge in [-0.2, -0.15) is 0 Å². The van der Waals surface area contributed by atoms with Crippen LogP contribution in [0.2, 0.25) is 0 Å². The third kappa shape index (κ3) is 4.83. The number of ketones is 1. The average Bonchev–Trinajstić information content (AvgIpc) is 3.54. The van der Waals surface area contributed by atoms with Gasteiger partial charge in [-0.15, -0.1) is 11.3 Å². The molecule has 0 spiro atoms. The Morgan fingerprint density at radius 2 is 1.76 bits per heavy atom. The molecule has 0 aliphatic carbocycles. The lowest BCUT2D eigenvalue weighted by atomic mass is 9.95. The molecule has 37 heavy (non-hydrogen) atoms. The fourth-order valence-electron chi connectivity index (χ4n) is 4.30. The summed E-state index contributed by atoms with van der Waals surface area (Å²) in [6, 6.07) is 21.0. The summed E-state index contributed by atoms with van der Waals surface area (Å²) in [6.07, 6.45) is 1.57. The number of aryl methyl sites for hydroxylation is 1. The number of carbonyl (C=O) groups is 2. The molecule has 5 rings (SSSR count). The molecule has 2 heterocycles. The molecule has 1 aliphatic heterocycles. The van der Waals surface area contributed by atoms with Crippen LogP contribution in [0.4, 0.5) is 5.13 Å². The van der Waals surface area contributed by atoms with E-state index in [1.165, 1.54) is 16.2 Å². The number of hydrogen-bond acceptors (Lipinski definition) is 7. The Hall–Kier alpha value is -4.43. The highest BCUT2D eigenvalue weighted by molar-refractivity contribution is 7.14. The molecule has 1 atom stereocenters. The zero-order valence-corrected chi connectivity index (χ0v) is 21.1. The van der Waals surface area contributed by atoms with Gasteiger partial charge in [0.2, 0.25) is 0 Å². The molecule has 1 saturated heterocycles. The van der Waals surface area contributed by atoms with Crippen molar-refractivity contribution in [3.8, 4) is 11.5 Å². The second-order valence-electron chi connectivity index (χ2n) is 8.56. The van der Waals surface area contributed by atoms with E-state index in [1.54, 1.807) is 67.2 Å². The van der Waals surface area contributed by atoms with E-state index < -0.39 is 17.7 Å². The van der Waals surface area contributed by atoms with Crippen LogP contribution in [0.15, 0.2) is 89.9 Å². The van der Waals surface area contributed by atoms with E-state index in [4.69, 9.17) is 9.47 Å². The highest BCUT2D eigenvalue weighted by Gasteiger charge is 2.47. The van der Waals surface area contributed by atoms with Crippen molar-refractivity contribution in [1.29, 1.82) is 0 Å². The van der Waals surface area contributed by atoms with Crippen molar-refractivity contribution in [2.45, 2.75) is 19.6 Å². The van der Waals surface area contributed by atoms with Crippen LogP contribution in [-0.2, 0) is 16.2 Å². The number of rotatable bonds is 7. The Bertz CT molecular complexity index is 1460. The van der Waals surface area contributed by atoms with Crippen LogP contribution in [0.5, 0.6) is 11.5 Å². The van der Waals surface area contributed by atoms with Gasteiger partial charge >= 0.3 is 5.91 Å². The van der Waals surface area contributed by atoms with Crippen LogP contribution < -0.4 is 14.4 Å². The summed E-state index contributed by atoms with van der Waals surface area (Å²) in [6.45, 7) is 2.43. The zero-order valence-electron chi connectivity index (χ0n) is 20.3. The first-order valence-corrected chi connectivity index (χ1v) is 12.5. The average molecular weight is 513 g/mol. The lowest BCUT2D eigenvalue weighted by molar-refractivity contribution is -0.132. The molecule has 7 nitrogen and oxygen atoms in total. The number of thiazole rings is 1. The number of Topliss-reactive ketones (excluding diaryl/α,β-unsaturated/α-hetero) is 1. The van der Waals surface area contributed by atoms with Gasteiger partial charge in [0.05, 0.1) is 18.7 Å². The first-order valence-electron chi connectivity index (χ1n) is 11.6. The number of ether oxygens (including phenoxy) is 2. The Morgan fingerprint density at radius 1 is 1.03 bits per heavy atom. The zero-order chi connectivity index (χ0) is 25.9. The molecule has 0 saturated carbocycles.